The van der Waals surface area contributed by atoms with Crippen LogP contribution in [-0.4, -0.2) is 48.5 Å². The second-order valence-electron chi connectivity index (χ2n) is 4.20. The summed E-state index contributed by atoms with van der Waals surface area (Å²) in [6.07, 6.45) is 1.60. The Hall–Kier alpha value is -1.84. The normalized spacial score (nSPS) is 26.5. The SMILES string of the molecule is F.Nc1ncnc2c1ncn2[C@H]1C[C@H](O)[C@@H](CO)O1. The lowest BCUT2D eigenvalue weighted by Crippen LogP contribution is -2.24. The van der Waals surface area contributed by atoms with E-state index >= 15 is 0 Å². The number of hydrogen-bond acceptors (Lipinski definition) is 7. The fourth-order valence-corrected chi connectivity index (χ4v) is 2.13. The zero-order chi connectivity index (χ0) is 12.7. The molecule has 0 spiro atoms. The van der Waals surface area contributed by atoms with E-state index in [0.717, 1.165) is 0 Å². The van der Waals surface area contributed by atoms with Crippen LogP contribution in [0, 0.1) is 0 Å². The van der Waals surface area contributed by atoms with Crippen molar-refractivity contribution in [3.05, 3.63) is 12.7 Å². The van der Waals surface area contributed by atoms with Crippen LogP contribution in [0.25, 0.3) is 11.2 Å². The van der Waals surface area contributed by atoms with E-state index in [1.807, 2.05) is 0 Å². The molecule has 3 atom stereocenters. The number of ether oxygens (including phenoxy) is 1. The molecule has 0 bridgehead atoms. The number of fused-ring (bicyclic) bond motifs is 1. The van der Waals surface area contributed by atoms with E-state index in [1.54, 1.807) is 10.9 Å². The number of imidazole rings is 1. The standard InChI is InChI=1S/C10H13N5O3.FH/c11-9-8-10(13-3-12-9)15(4-14-8)7-1-5(17)6(2-16)18-7;/h3-7,16-17H,1-2H2,(H2,11,12,13);1H/t5-,6+,7+;/m0./s1. The number of hydrogen-bond donors (Lipinski definition) is 3. The number of aromatic nitrogens is 4. The van der Waals surface area contributed by atoms with E-state index < -0.39 is 18.4 Å². The maximum absolute atomic E-state index is 9.71. The van der Waals surface area contributed by atoms with Crippen LogP contribution in [0.15, 0.2) is 12.7 Å². The molecule has 1 fully saturated rings. The Bertz CT molecular complexity index is 577. The van der Waals surface area contributed by atoms with Gasteiger partial charge >= 0.3 is 0 Å². The molecule has 0 unspecified atom stereocenters. The van der Waals surface area contributed by atoms with E-state index in [-0.39, 0.29) is 11.3 Å². The van der Waals surface area contributed by atoms with Gasteiger partial charge in [-0.3, -0.25) is 9.27 Å². The van der Waals surface area contributed by atoms with Crippen molar-refractivity contribution in [1.82, 2.24) is 19.5 Å². The molecule has 3 heterocycles. The molecule has 0 aliphatic carbocycles. The summed E-state index contributed by atoms with van der Waals surface area (Å²) in [7, 11) is 0. The first-order chi connectivity index (χ1) is 8.70. The minimum Gasteiger partial charge on any atom is -0.394 e. The lowest BCUT2D eigenvalue weighted by molar-refractivity contribution is -0.0432. The summed E-state index contributed by atoms with van der Waals surface area (Å²) >= 11 is 0. The predicted octanol–water partition coefficient (Wildman–Crippen LogP) is -0.798. The number of aliphatic hydroxyl groups is 2. The number of nitrogens with two attached hydrogens (primary N) is 1. The first-order valence-electron chi connectivity index (χ1n) is 5.58. The zero-order valence-electron chi connectivity index (χ0n) is 9.88. The van der Waals surface area contributed by atoms with Crippen LogP contribution in [-0.2, 0) is 4.74 Å². The van der Waals surface area contributed by atoms with Gasteiger partial charge in [-0.05, 0) is 0 Å². The Morgan fingerprint density at radius 3 is 2.89 bits per heavy atom. The molecule has 2 aromatic heterocycles. The van der Waals surface area contributed by atoms with Gasteiger partial charge in [0, 0.05) is 6.42 Å². The molecule has 1 aliphatic rings. The highest BCUT2D eigenvalue weighted by Gasteiger charge is 2.35. The smallest absolute Gasteiger partial charge is 0.167 e. The van der Waals surface area contributed by atoms with Crippen LogP contribution in [0.5, 0.6) is 0 Å². The second kappa shape index (κ2) is 5.03. The van der Waals surface area contributed by atoms with Crippen molar-refractivity contribution < 1.29 is 19.7 Å². The fraction of sp³-hybridized carbons (Fsp3) is 0.500. The largest absolute Gasteiger partial charge is 0.394 e. The van der Waals surface area contributed by atoms with Crippen molar-refractivity contribution in [2.75, 3.05) is 12.3 Å². The molecule has 0 radical (unpaired) electrons. The van der Waals surface area contributed by atoms with E-state index in [0.29, 0.717) is 23.4 Å². The van der Waals surface area contributed by atoms with Crippen molar-refractivity contribution in [3.63, 3.8) is 0 Å². The summed E-state index contributed by atoms with van der Waals surface area (Å²) in [5, 5.41) is 18.8. The minimum atomic E-state index is -0.698. The number of nitrogens with zero attached hydrogens (tertiary/aromatic N) is 4. The maximum atomic E-state index is 9.71. The summed E-state index contributed by atoms with van der Waals surface area (Å²) in [6, 6.07) is 0. The molecule has 2 aromatic rings. The van der Waals surface area contributed by atoms with Gasteiger partial charge < -0.3 is 20.7 Å². The average molecular weight is 271 g/mol. The third-order valence-corrected chi connectivity index (χ3v) is 3.08. The highest BCUT2D eigenvalue weighted by Crippen LogP contribution is 2.30. The number of anilines is 1. The molecule has 3 rings (SSSR count). The van der Waals surface area contributed by atoms with E-state index in [2.05, 4.69) is 15.0 Å². The molecule has 8 nitrogen and oxygen atoms in total. The highest BCUT2D eigenvalue weighted by atomic mass is 19.0. The van der Waals surface area contributed by atoms with Gasteiger partial charge in [0.2, 0.25) is 0 Å². The minimum absolute atomic E-state index is 0. The highest BCUT2D eigenvalue weighted by molar-refractivity contribution is 5.81. The molecule has 4 N–H and O–H groups in total. The van der Waals surface area contributed by atoms with Gasteiger partial charge in [0.25, 0.3) is 0 Å². The van der Waals surface area contributed by atoms with Crippen LogP contribution in [0.4, 0.5) is 10.5 Å². The molecule has 0 saturated carbocycles. The third-order valence-electron chi connectivity index (χ3n) is 3.08. The second-order valence-corrected chi connectivity index (χ2v) is 4.20. The Kier molecular flexibility index (Phi) is 3.60. The molecule has 104 valence electrons. The number of aliphatic hydroxyl groups excluding tert-OH is 2. The molecule has 1 saturated heterocycles. The summed E-state index contributed by atoms with van der Waals surface area (Å²) in [4.78, 5) is 12.1. The van der Waals surface area contributed by atoms with Crippen LogP contribution in [0.2, 0.25) is 0 Å². The quantitative estimate of drug-likeness (QED) is 0.654. The van der Waals surface area contributed by atoms with Gasteiger partial charge in [-0.1, -0.05) is 0 Å². The molecule has 9 heteroatoms. The Labute approximate surface area is 107 Å². The molecule has 19 heavy (non-hydrogen) atoms. The Morgan fingerprint density at radius 2 is 2.21 bits per heavy atom. The summed E-state index contributed by atoms with van der Waals surface area (Å²) in [6.45, 7) is -0.221. The predicted molar refractivity (Wildman–Crippen MR) is 63.9 cm³/mol. The molecular formula is C10H14FN5O3. The van der Waals surface area contributed by atoms with Crippen molar-refractivity contribution in [1.29, 1.82) is 0 Å². The zero-order valence-corrected chi connectivity index (χ0v) is 9.88. The number of nitrogen functional groups attached to an aromatic ring is 1. The molecule has 0 amide bonds. The van der Waals surface area contributed by atoms with Gasteiger partial charge in [0.15, 0.2) is 11.5 Å². The first-order valence-corrected chi connectivity index (χ1v) is 5.58. The lowest BCUT2D eigenvalue weighted by Gasteiger charge is -2.13. The maximum Gasteiger partial charge on any atom is 0.167 e. The van der Waals surface area contributed by atoms with Crippen molar-refractivity contribution in [2.45, 2.75) is 24.9 Å². The lowest BCUT2D eigenvalue weighted by atomic mass is 10.2. The molecule has 0 aromatic carbocycles. The fourth-order valence-electron chi connectivity index (χ4n) is 2.13. The van der Waals surface area contributed by atoms with Gasteiger partial charge in [0.05, 0.1) is 19.0 Å². The van der Waals surface area contributed by atoms with Crippen LogP contribution in [0.3, 0.4) is 0 Å². The first kappa shape index (κ1) is 13.6. The van der Waals surface area contributed by atoms with Crippen LogP contribution < -0.4 is 5.73 Å². The van der Waals surface area contributed by atoms with Crippen LogP contribution in [0.1, 0.15) is 12.6 Å². The summed E-state index contributed by atoms with van der Waals surface area (Å²) < 4.78 is 7.22. The monoisotopic (exact) mass is 271 g/mol. The van der Waals surface area contributed by atoms with E-state index in [1.165, 1.54) is 6.33 Å². The molecule has 1 aliphatic heterocycles. The Balaban J connectivity index is 0.00000133. The Morgan fingerprint density at radius 1 is 1.42 bits per heavy atom. The third kappa shape index (κ3) is 2.11. The van der Waals surface area contributed by atoms with Gasteiger partial charge in [-0.2, -0.15) is 0 Å². The van der Waals surface area contributed by atoms with Crippen molar-refractivity contribution in [3.8, 4) is 0 Å². The van der Waals surface area contributed by atoms with Crippen molar-refractivity contribution >= 4 is 17.0 Å². The number of halogens is 1. The molecular weight excluding hydrogens is 257 g/mol. The van der Waals surface area contributed by atoms with Crippen molar-refractivity contribution in [2.24, 2.45) is 0 Å². The van der Waals surface area contributed by atoms with Gasteiger partial charge in [-0.25, -0.2) is 15.0 Å². The average Bonchev–Trinajstić information content (AvgIpc) is 2.93. The van der Waals surface area contributed by atoms with Gasteiger partial charge in [0.1, 0.15) is 24.2 Å². The van der Waals surface area contributed by atoms with E-state index in [4.69, 9.17) is 15.6 Å². The topological polar surface area (TPSA) is 119 Å². The summed E-state index contributed by atoms with van der Waals surface area (Å²) in [5.41, 5.74) is 6.75. The van der Waals surface area contributed by atoms with Crippen LogP contribution >= 0.6 is 0 Å². The van der Waals surface area contributed by atoms with E-state index in [9.17, 15) is 5.11 Å². The van der Waals surface area contributed by atoms with Gasteiger partial charge in [-0.15, -0.1) is 0 Å². The summed E-state index contributed by atoms with van der Waals surface area (Å²) in [5.74, 6) is 0.302. The number of rotatable bonds is 2.